The van der Waals surface area contributed by atoms with E-state index >= 15 is 0 Å². The van der Waals surface area contributed by atoms with Crippen molar-refractivity contribution in [3.05, 3.63) is 29.3 Å². The van der Waals surface area contributed by atoms with Gasteiger partial charge in [-0.05, 0) is 60.3 Å². The molecule has 21 heavy (non-hydrogen) atoms. The van der Waals surface area contributed by atoms with Crippen LogP contribution in [0.3, 0.4) is 0 Å². The van der Waals surface area contributed by atoms with Crippen LogP contribution in [0.2, 0.25) is 5.02 Å². The lowest BCUT2D eigenvalue weighted by atomic mass is 9.69. The second-order valence-corrected chi connectivity index (χ2v) is 9.39. The lowest BCUT2D eigenvalue weighted by molar-refractivity contribution is 0.130. The van der Waals surface area contributed by atoms with Gasteiger partial charge in [0, 0.05) is 11.1 Å². The summed E-state index contributed by atoms with van der Waals surface area (Å²) in [6.07, 6.45) is 3.25. The molecule has 2 saturated carbocycles. The number of rotatable bonds is 3. The van der Waals surface area contributed by atoms with Gasteiger partial charge in [0.25, 0.3) is 0 Å². The lowest BCUT2D eigenvalue weighted by Gasteiger charge is -2.39. The maximum Gasteiger partial charge on any atom is 0.240 e. The van der Waals surface area contributed by atoms with E-state index in [-0.39, 0.29) is 21.8 Å². The van der Waals surface area contributed by atoms with E-state index in [0.717, 1.165) is 12.8 Å². The second-order valence-electron chi connectivity index (χ2n) is 7.24. The van der Waals surface area contributed by atoms with Gasteiger partial charge in [-0.3, -0.25) is 0 Å². The molecule has 0 spiro atoms. The zero-order valence-electron chi connectivity index (χ0n) is 12.7. The van der Waals surface area contributed by atoms with Gasteiger partial charge in [-0.2, -0.15) is 0 Å². The monoisotopic (exact) mass is 327 g/mol. The Morgan fingerprint density at radius 2 is 1.81 bits per heavy atom. The highest BCUT2D eigenvalue weighted by atomic mass is 35.5. The number of sulfonamides is 1. The molecule has 0 amide bonds. The van der Waals surface area contributed by atoms with Crippen molar-refractivity contribution < 1.29 is 8.42 Å². The molecule has 1 aromatic carbocycles. The molecule has 0 aliphatic heterocycles. The zero-order valence-corrected chi connectivity index (χ0v) is 14.3. The van der Waals surface area contributed by atoms with Crippen molar-refractivity contribution >= 4 is 21.6 Å². The quantitative estimate of drug-likeness (QED) is 0.917. The first kappa shape index (κ1) is 15.3. The second kappa shape index (κ2) is 4.71. The molecule has 1 aromatic rings. The minimum absolute atomic E-state index is 0.0203. The SMILES string of the molecule is CC1(C)[C@@H]2CC[C@]1(C)[C@@H](NS(=O)(=O)c1ccc(Cl)cc1)C2. The van der Waals surface area contributed by atoms with Crippen LogP contribution in [0.15, 0.2) is 29.2 Å². The fraction of sp³-hybridized carbons (Fsp3) is 0.625. The molecule has 1 N–H and O–H groups in total. The molecule has 0 saturated heterocycles. The van der Waals surface area contributed by atoms with Crippen molar-refractivity contribution in [3.63, 3.8) is 0 Å². The van der Waals surface area contributed by atoms with Crippen LogP contribution in [0.1, 0.15) is 40.0 Å². The summed E-state index contributed by atoms with van der Waals surface area (Å²) in [6, 6.07) is 6.37. The van der Waals surface area contributed by atoms with Crippen molar-refractivity contribution in [2.45, 2.75) is 51.0 Å². The average molecular weight is 328 g/mol. The molecule has 2 aliphatic rings. The molecule has 5 heteroatoms. The maximum atomic E-state index is 12.6. The Balaban J connectivity index is 1.86. The normalized spacial score (nSPS) is 34.3. The van der Waals surface area contributed by atoms with E-state index in [9.17, 15) is 8.42 Å². The highest BCUT2D eigenvalue weighted by molar-refractivity contribution is 7.89. The average Bonchev–Trinajstić information content (AvgIpc) is 2.72. The summed E-state index contributed by atoms with van der Waals surface area (Å²) in [5.41, 5.74) is 0.233. The Kier molecular flexibility index (Phi) is 3.43. The van der Waals surface area contributed by atoms with Crippen molar-refractivity contribution in [1.82, 2.24) is 4.72 Å². The standard InChI is InChI=1S/C16H22ClNO2S/c1-15(2)11-8-9-16(15,3)14(10-11)18-21(19,20)13-6-4-12(17)5-7-13/h4-7,11,14,18H,8-10H2,1-3H3/t11-,14+,16-/m1/s1. The van der Waals surface area contributed by atoms with Crippen LogP contribution in [-0.4, -0.2) is 14.5 Å². The van der Waals surface area contributed by atoms with E-state index in [0.29, 0.717) is 10.9 Å². The summed E-state index contributed by atoms with van der Waals surface area (Å²) in [4.78, 5) is 0.288. The molecule has 0 unspecified atom stereocenters. The number of nitrogens with one attached hydrogen (secondary N) is 1. The summed E-state index contributed by atoms with van der Waals surface area (Å²) in [7, 11) is -3.48. The van der Waals surface area contributed by atoms with Gasteiger partial charge in [-0.1, -0.05) is 32.4 Å². The van der Waals surface area contributed by atoms with Gasteiger partial charge in [0.1, 0.15) is 0 Å². The Hall–Kier alpha value is -0.580. The first-order valence-corrected chi connectivity index (χ1v) is 9.31. The Bertz CT molecular complexity index is 653. The van der Waals surface area contributed by atoms with E-state index in [1.807, 2.05) is 0 Å². The third kappa shape index (κ3) is 2.23. The Labute approximate surface area is 132 Å². The number of hydrogen-bond acceptors (Lipinski definition) is 2. The molecule has 2 fully saturated rings. The molecule has 2 bridgehead atoms. The van der Waals surface area contributed by atoms with Gasteiger partial charge in [-0.15, -0.1) is 0 Å². The molecule has 3 nitrogen and oxygen atoms in total. The number of benzene rings is 1. The molecule has 0 radical (unpaired) electrons. The summed E-state index contributed by atoms with van der Waals surface area (Å²) >= 11 is 5.83. The fourth-order valence-electron chi connectivity index (χ4n) is 4.25. The molecule has 3 atom stereocenters. The van der Waals surface area contributed by atoms with Crippen LogP contribution in [0.5, 0.6) is 0 Å². The Morgan fingerprint density at radius 1 is 1.19 bits per heavy atom. The summed E-state index contributed by atoms with van der Waals surface area (Å²) in [5.74, 6) is 0.611. The lowest BCUT2D eigenvalue weighted by Crippen LogP contribution is -2.46. The van der Waals surface area contributed by atoms with E-state index < -0.39 is 10.0 Å². The van der Waals surface area contributed by atoms with Crippen molar-refractivity contribution in [1.29, 1.82) is 0 Å². The van der Waals surface area contributed by atoms with Gasteiger partial charge in [0.15, 0.2) is 0 Å². The van der Waals surface area contributed by atoms with Crippen LogP contribution in [0.25, 0.3) is 0 Å². The summed E-state index contributed by atoms with van der Waals surface area (Å²) in [6.45, 7) is 6.79. The highest BCUT2D eigenvalue weighted by Gasteiger charge is 2.61. The van der Waals surface area contributed by atoms with E-state index in [2.05, 4.69) is 25.5 Å². The van der Waals surface area contributed by atoms with Gasteiger partial charge in [0.2, 0.25) is 10.0 Å². The van der Waals surface area contributed by atoms with E-state index in [4.69, 9.17) is 11.6 Å². The molecular formula is C16H22ClNO2S. The maximum absolute atomic E-state index is 12.6. The Morgan fingerprint density at radius 3 is 2.29 bits per heavy atom. The van der Waals surface area contributed by atoms with Crippen LogP contribution in [0.4, 0.5) is 0 Å². The zero-order chi connectivity index (χ0) is 15.5. The predicted molar refractivity (Wildman–Crippen MR) is 84.8 cm³/mol. The molecule has 0 aromatic heterocycles. The molecule has 2 aliphatic carbocycles. The predicted octanol–water partition coefficient (Wildman–Crippen LogP) is 3.83. The summed E-state index contributed by atoms with van der Waals surface area (Å²) in [5, 5.41) is 0.543. The highest BCUT2D eigenvalue weighted by Crippen LogP contribution is 2.65. The van der Waals surface area contributed by atoms with Crippen LogP contribution in [0, 0.1) is 16.7 Å². The molecule has 3 rings (SSSR count). The van der Waals surface area contributed by atoms with Gasteiger partial charge >= 0.3 is 0 Å². The number of halogens is 1. The first-order chi connectivity index (χ1) is 9.67. The largest absolute Gasteiger partial charge is 0.240 e. The van der Waals surface area contributed by atoms with Crippen LogP contribution >= 0.6 is 11.6 Å². The van der Waals surface area contributed by atoms with E-state index in [1.54, 1.807) is 24.3 Å². The number of fused-ring (bicyclic) bond motifs is 2. The molecule has 0 heterocycles. The van der Waals surface area contributed by atoms with Crippen molar-refractivity contribution in [2.75, 3.05) is 0 Å². The smallest absolute Gasteiger partial charge is 0.207 e. The third-order valence-electron chi connectivity index (χ3n) is 6.22. The topological polar surface area (TPSA) is 46.2 Å². The van der Waals surface area contributed by atoms with Crippen LogP contribution in [-0.2, 0) is 10.0 Å². The molecular weight excluding hydrogens is 306 g/mol. The summed E-state index contributed by atoms with van der Waals surface area (Å²) < 4.78 is 28.1. The van der Waals surface area contributed by atoms with Crippen molar-refractivity contribution in [3.8, 4) is 0 Å². The van der Waals surface area contributed by atoms with Gasteiger partial charge < -0.3 is 0 Å². The molecule has 116 valence electrons. The fourth-order valence-corrected chi connectivity index (χ4v) is 5.74. The third-order valence-corrected chi connectivity index (χ3v) is 7.95. The van der Waals surface area contributed by atoms with Crippen LogP contribution < -0.4 is 4.72 Å². The van der Waals surface area contributed by atoms with Gasteiger partial charge in [0.05, 0.1) is 4.90 Å². The van der Waals surface area contributed by atoms with Crippen molar-refractivity contribution in [2.24, 2.45) is 16.7 Å². The minimum Gasteiger partial charge on any atom is -0.207 e. The number of hydrogen-bond donors (Lipinski definition) is 1. The first-order valence-electron chi connectivity index (χ1n) is 7.45. The minimum atomic E-state index is -3.48. The van der Waals surface area contributed by atoms with E-state index in [1.165, 1.54) is 6.42 Å². The van der Waals surface area contributed by atoms with Gasteiger partial charge in [-0.25, -0.2) is 13.1 Å².